The summed E-state index contributed by atoms with van der Waals surface area (Å²) in [6, 6.07) is 11.5. The number of nitrogens with one attached hydrogen (secondary N) is 2. The summed E-state index contributed by atoms with van der Waals surface area (Å²) in [5.74, 6) is 0.974. The molecule has 8 heteroatoms. The van der Waals surface area contributed by atoms with Crippen molar-refractivity contribution in [2.45, 2.75) is 33.2 Å². The highest BCUT2D eigenvalue weighted by Crippen LogP contribution is 2.32. The van der Waals surface area contributed by atoms with Crippen LogP contribution in [0, 0.1) is 5.92 Å². The van der Waals surface area contributed by atoms with Crippen molar-refractivity contribution in [1.29, 1.82) is 0 Å². The van der Waals surface area contributed by atoms with Crippen LogP contribution in [-0.4, -0.2) is 37.5 Å². The van der Waals surface area contributed by atoms with E-state index in [-0.39, 0.29) is 18.6 Å². The highest BCUT2D eigenvalue weighted by molar-refractivity contribution is 5.98. The molecule has 1 heterocycles. The number of hydrazone groups is 1. The molecule has 164 valence electrons. The van der Waals surface area contributed by atoms with Crippen LogP contribution in [0.25, 0.3) is 0 Å². The lowest BCUT2D eigenvalue weighted by atomic mass is 10.0. The van der Waals surface area contributed by atoms with E-state index in [1.54, 1.807) is 24.4 Å². The zero-order valence-electron chi connectivity index (χ0n) is 17.9. The first kappa shape index (κ1) is 22.1. The van der Waals surface area contributed by atoms with Crippen LogP contribution in [0.15, 0.2) is 47.6 Å². The van der Waals surface area contributed by atoms with Crippen molar-refractivity contribution < 1.29 is 23.8 Å². The quantitative estimate of drug-likeness (QED) is 0.475. The maximum absolute atomic E-state index is 12.6. The number of nitrogens with zero attached hydrogens (tertiary/aromatic N) is 1. The van der Waals surface area contributed by atoms with Gasteiger partial charge in [0.1, 0.15) is 11.8 Å². The summed E-state index contributed by atoms with van der Waals surface area (Å²) in [6.07, 6.45) is 2.48. The van der Waals surface area contributed by atoms with Crippen LogP contribution in [0.1, 0.15) is 43.1 Å². The maximum Gasteiger partial charge on any atom is 0.262 e. The van der Waals surface area contributed by atoms with Gasteiger partial charge < -0.3 is 19.5 Å². The number of ether oxygens (including phenoxy) is 3. The van der Waals surface area contributed by atoms with E-state index in [0.717, 1.165) is 17.7 Å². The summed E-state index contributed by atoms with van der Waals surface area (Å²) >= 11 is 0. The number of rotatable bonds is 9. The van der Waals surface area contributed by atoms with Crippen LogP contribution >= 0.6 is 0 Å². The number of carbonyl (C=O) groups excluding carboxylic acids is 2. The third-order valence-electron chi connectivity index (χ3n) is 4.61. The van der Waals surface area contributed by atoms with Crippen molar-refractivity contribution >= 4 is 18.0 Å². The Kier molecular flexibility index (Phi) is 7.48. The molecule has 1 unspecified atom stereocenters. The minimum Gasteiger partial charge on any atom is -0.494 e. The van der Waals surface area contributed by atoms with E-state index in [2.05, 4.69) is 15.8 Å². The summed E-state index contributed by atoms with van der Waals surface area (Å²) in [7, 11) is 0. The lowest BCUT2D eigenvalue weighted by Gasteiger charge is -2.20. The maximum atomic E-state index is 12.6. The first-order chi connectivity index (χ1) is 15.0. The SMILES string of the molecule is CCCOc1ccc(/C=N/NC(=O)C(NC(=O)c2ccc3c(c2)OCO3)C(C)C)cc1. The Morgan fingerprint density at radius 1 is 1.13 bits per heavy atom. The van der Waals surface area contributed by atoms with Crippen LogP contribution in [0.3, 0.4) is 0 Å². The summed E-state index contributed by atoms with van der Waals surface area (Å²) in [5, 5.41) is 6.77. The topological polar surface area (TPSA) is 98.2 Å². The number of hydrogen-bond donors (Lipinski definition) is 2. The molecule has 2 aromatic carbocycles. The van der Waals surface area contributed by atoms with Gasteiger partial charge in [0.2, 0.25) is 6.79 Å². The van der Waals surface area contributed by atoms with Crippen LogP contribution in [0.4, 0.5) is 0 Å². The molecule has 0 fully saturated rings. The van der Waals surface area contributed by atoms with E-state index in [9.17, 15) is 9.59 Å². The summed E-state index contributed by atoms with van der Waals surface area (Å²) < 4.78 is 16.1. The fourth-order valence-corrected chi connectivity index (χ4v) is 2.91. The predicted molar refractivity (Wildman–Crippen MR) is 117 cm³/mol. The van der Waals surface area contributed by atoms with Crippen molar-refractivity contribution in [3.05, 3.63) is 53.6 Å². The molecule has 0 radical (unpaired) electrons. The van der Waals surface area contributed by atoms with Gasteiger partial charge in [0.25, 0.3) is 11.8 Å². The molecule has 2 N–H and O–H groups in total. The average molecular weight is 425 g/mol. The first-order valence-electron chi connectivity index (χ1n) is 10.2. The molecule has 31 heavy (non-hydrogen) atoms. The normalized spacial score (nSPS) is 13.3. The highest BCUT2D eigenvalue weighted by Gasteiger charge is 2.25. The Morgan fingerprint density at radius 3 is 2.58 bits per heavy atom. The molecular weight excluding hydrogens is 398 g/mol. The van der Waals surface area contributed by atoms with Gasteiger partial charge >= 0.3 is 0 Å². The minimum absolute atomic E-state index is 0.129. The highest BCUT2D eigenvalue weighted by atomic mass is 16.7. The zero-order chi connectivity index (χ0) is 22.2. The molecule has 0 saturated carbocycles. The van der Waals surface area contributed by atoms with E-state index < -0.39 is 11.9 Å². The van der Waals surface area contributed by atoms with Crippen molar-refractivity contribution in [2.24, 2.45) is 11.0 Å². The molecule has 2 aromatic rings. The van der Waals surface area contributed by atoms with Gasteiger partial charge in [0, 0.05) is 5.56 Å². The number of benzene rings is 2. The molecule has 1 aliphatic heterocycles. The van der Waals surface area contributed by atoms with Gasteiger partial charge in [-0.25, -0.2) is 5.43 Å². The van der Waals surface area contributed by atoms with Crippen molar-refractivity contribution in [3.8, 4) is 17.2 Å². The van der Waals surface area contributed by atoms with Gasteiger partial charge in [-0.05, 0) is 60.4 Å². The number of hydrogen-bond acceptors (Lipinski definition) is 6. The fourth-order valence-electron chi connectivity index (χ4n) is 2.91. The summed E-state index contributed by atoms with van der Waals surface area (Å²) in [6.45, 7) is 6.54. The Labute approximate surface area is 181 Å². The van der Waals surface area contributed by atoms with Gasteiger partial charge in [0.15, 0.2) is 11.5 Å². The average Bonchev–Trinajstić information content (AvgIpc) is 3.24. The second kappa shape index (κ2) is 10.5. The molecule has 8 nitrogen and oxygen atoms in total. The smallest absolute Gasteiger partial charge is 0.262 e. The predicted octanol–water partition coefficient (Wildman–Crippen LogP) is 3.11. The zero-order valence-corrected chi connectivity index (χ0v) is 17.9. The van der Waals surface area contributed by atoms with Crippen LogP contribution in [-0.2, 0) is 4.79 Å². The van der Waals surface area contributed by atoms with E-state index in [0.29, 0.717) is 23.7 Å². The number of fused-ring (bicyclic) bond motifs is 1. The molecule has 2 amide bonds. The lowest BCUT2D eigenvalue weighted by Crippen LogP contribution is -2.48. The molecule has 1 atom stereocenters. The molecule has 0 spiro atoms. The van der Waals surface area contributed by atoms with E-state index in [1.807, 2.05) is 45.0 Å². The molecule has 0 aromatic heterocycles. The van der Waals surface area contributed by atoms with Crippen molar-refractivity contribution in [1.82, 2.24) is 10.7 Å². The fraction of sp³-hybridized carbons (Fsp3) is 0.348. The van der Waals surface area contributed by atoms with E-state index in [4.69, 9.17) is 14.2 Å². The molecule has 0 aliphatic carbocycles. The summed E-state index contributed by atoms with van der Waals surface area (Å²) in [5.41, 5.74) is 3.70. The van der Waals surface area contributed by atoms with Crippen LogP contribution in [0.2, 0.25) is 0 Å². The van der Waals surface area contributed by atoms with Crippen LogP contribution < -0.4 is 25.0 Å². The third kappa shape index (κ3) is 5.97. The largest absolute Gasteiger partial charge is 0.494 e. The first-order valence-corrected chi connectivity index (χ1v) is 10.2. The van der Waals surface area contributed by atoms with E-state index in [1.165, 1.54) is 0 Å². The Balaban J connectivity index is 1.57. The molecule has 1 aliphatic rings. The van der Waals surface area contributed by atoms with Gasteiger partial charge in [-0.1, -0.05) is 20.8 Å². The van der Waals surface area contributed by atoms with Gasteiger partial charge in [-0.2, -0.15) is 5.10 Å². The van der Waals surface area contributed by atoms with E-state index >= 15 is 0 Å². The Hall–Kier alpha value is -3.55. The van der Waals surface area contributed by atoms with Crippen LogP contribution in [0.5, 0.6) is 17.2 Å². The standard InChI is InChI=1S/C23H27N3O5/c1-4-11-29-18-8-5-16(6-9-18)13-24-26-23(28)21(15(2)3)25-22(27)17-7-10-19-20(12-17)31-14-30-19/h5-10,12-13,15,21H,4,11,14H2,1-3H3,(H,25,27)(H,26,28)/b24-13+. The molecule has 3 rings (SSSR count). The third-order valence-corrected chi connectivity index (χ3v) is 4.61. The second-order valence-electron chi connectivity index (χ2n) is 7.41. The van der Waals surface area contributed by atoms with Crippen molar-refractivity contribution in [3.63, 3.8) is 0 Å². The Bertz CT molecular complexity index is 941. The van der Waals surface area contributed by atoms with Gasteiger partial charge in [0.05, 0.1) is 12.8 Å². The minimum atomic E-state index is -0.750. The molecular formula is C23H27N3O5. The second-order valence-corrected chi connectivity index (χ2v) is 7.41. The molecule has 0 bridgehead atoms. The lowest BCUT2D eigenvalue weighted by molar-refractivity contribution is -0.123. The Morgan fingerprint density at radius 2 is 1.87 bits per heavy atom. The van der Waals surface area contributed by atoms with Gasteiger partial charge in [-0.15, -0.1) is 0 Å². The number of amides is 2. The van der Waals surface area contributed by atoms with Crippen molar-refractivity contribution in [2.75, 3.05) is 13.4 Å². The monoisotopic (exact) mass is 425 g/mol. The number of carbonyl (C=O) groups is 2. The molecule has 0 saturated heterocycles. The van der Waals surface area contributed by atoms with Gasteiger partial charge in [-0.3, -0.25) is 9.59 Å². The summed E-state index contributed by atoms with van der Waals surface area (Å²) in [4.78, 5) is 25.2.